The number of nitrogens with one attached hydrogen (secondary N) is 1. The molecule has 0 radical (unpaired) electrons. The molecule has 2 aromatic rings. The molecule has 6 heteroatoms. The number of anilines is 1. The molecule has 6 nitrogen and oxygen atoms in total. The van der Waals surface area contributed by atoms with Crippen molar-refractivity contribution in [2.24, 2.45) is 5.41 Å². The minimum Gasteiger partial charge on any atom is -0.311 e. The summed E-state index contributed by atoms with van der Waals surface area (Å²) in [6, 6.07) is 14.1. The van der Waals surface area contributed by atoms with E-state index < -0.39 is 28.3 Å². The Kier molecular flexibility index (Phi) is 3.38. The van der Waals surface area contributed by atoms with Crippen LogP contribution < -0.4 is 4.90 Å². The zero-order valence-electron chi connectivity index (χ0n) is 15.5. The Hall–Kier alpha value is -3.77. The molecule has 4 rings (SSSR count). The molecule has 0 bridgehead atoms. The van der Waals surface area contributed by atoms with Crippen LogP contribution in [0.1, 0.15) is 16.7 Å². The van der Waals surface area contributed by atoms with Gasteiger partial charge in [-0.05, 0) is 37.1 Å². The van der Waals surface area contributed by atoms with Crippen LogP contribution in [0.3, 0.4) is 0 Å². The van der Waals surface area contributed by atoms with Crippen LogP contribution in [0.4, 0.5) is 5.69 Å². The number of nitrogens with zero attached hydrogens (tertiary/aromatic N) is 3. The second-order valence-electron chi connectivity index (χ2n) is 7.29. The third kappa shape index (κ3) is 1.56. The van der Waals surface area contributed by atoms with Gasteiger partial charge in [-0.1, -0.05) is 46.1 Å². The lowest BCUT2D eigenvalue weighted by atomic mass is 9.92. The molecular formula is C22H18N4O2+2. The lowest BCUT2D eigenvalue weighted by molar-refractivity contribution is -0.124. The summed E-state index contributed by atoms with van der Waals surface area (Å²) in [5.41, 5.74) is -2.29. The van der Waals surface area contributed by atoms with Gasteiger partial charge in [0, 0.05) is 6.21 Å². The predicted octanol–water partition coefficient (Wildman–Crippen LogP) is 3.39. The van der Waals surface area contributed by atoms with Crippen molar-refractivity contribution in [3.63, 3.8) is 0 Å². The molecule has 2 fully saturated rings. The van der Waals surface area contributed by atoms with E-state index in [0.717, 1.165) is 22.2 Å². The van der Waals surface area contributed by atoms with Gasteiger partial charge in [0.2, 0.25) is 0 Å². The summed E-state index contributed by atoms with van der Waals surface area (Å²) in [4.78, 5) is 36.0. The largest absolute Gasteiger partial charge is 0.470 e. The minimum absolute atomic E-state index is 0.419. The predicted molar refractivity (Wildman–Crippen MR) is 107 cm³/mol. The van der Waals surface area contributed by atoms with Crippen LogP contribution in [-0.4, -0.2) is 23.6 Å². The van der Waals surface area contributed by atoms with E-state index in [-0.39, 0.29) is 0 Å². The molecule has 1 aliphatic carbocycles. The number of rotatable bonds is 3. The number of carbonyl (C=O) groups is 2. The number of imide groups is 1. The molecule has 1 N–H and O–H groups in total. The molecule has 2 aliphatic rings. The van der Waals surface area contributed by atoms with E-state index in [1.165, 1.54) is 0 Å². The van der Waals surface area contributed by atoms with Gasteiger partial charge in [0.15, 0.2) is 0 Å². The van der Waals surface area contributed by atoms with E-state index in [9.17, 15) is 9.59 Å². The van der Waals surface area contributed by atoms with E-state index in [1.54, 1.807) is 42.5 Å². The fraction of sp³-hybridized carbons (Fsp3) is 0.227. The lowest BCUT2D eigenvalue weighted by Gasteiger charge is -2.19. The normalized spacial score (nSPS) is 30.4. The van der Waals surface area contributed by atoms with E-state index >= 15 is 0 Å². The molecule has 1 aliphatic heterocycles. The van der Waals surface area contributed by atoms with Crippen molar-refractivity contribution in [2.45, 2.75) is 24.9 Å². The van der Waals surface area contributed by atoms with Gasteiger partial charge >= 0.3 is 17.0 Å². The highest BCUT2D eigenvalue weighted by Crippen LogP contribution is 2.78. The van der Waals surface area contributed by atoms with Crippen molar-refractivity contribution in [3.8, 4) is 13.1 Å². The first-order valence-corrected chi connectivity index (χ1v) is 8.76. The van der Waals surface area contributed by atoms with Crippen molar-refractivity contribution in [2.75, 3.05) is 4.90 Å². The number of carbonyl (C=O) groups excluding carboxylic acids is 2. The highest BCUT2D eigenvalue weighted by molar-refractivity contribution is 6.39. The van der Waals surface area contributed by atoms with Crippen molar-refractivity contribution in [3.05, 3.63) is 74.9 Å². The Labute approximate surface area is 162 Å². The van der Waals surface area contributed by atoms with Gasteiger partial charge in [0.05, 0.1) is 11.3 Å². The van der Waals surface area contributed by atoms with Crippen LogP contribution in [0.5, 0.6) is 0 Å². The smallest absolute Gasteiger partial charge is 0.311 e. The van der Waals surface area contributed by atoms with Crippen molar-refractivity contribution in [1.29, 1.82) is 5.41 Å². The van der Waals surface area contributed by atoms with Gasteiger partial charge in [-0.15, -0.1) is 0 Å². The van der Waals surface area contributed by atoms with Crippen LogP contribution in [-0.2, 0) is 15.1 Å². The van der Waals surface area contributed by atoms with E-state index in [2.05, 4.69) is 9.69 Å². The van der Waals surface area contributed by atoms with Gasteiger partial charge in [-0.3, -0.25) is 9.59 Å². The first-order valence-electron chi connectivity index (χ1n) is 8.76. The highest BCUT2D eigenvalue weighted by atomic mass is 16.2. The van der Waals surface area contributed by atoms with Crippen LogP contribution in [0, 0.1) is 37.8 Å². The Bertz CT molecular complexity index is 1120. The summed E-state index contributed by atoms with van der Waals surface area (Å²) in [6.45, 7) is 15.2. The Morgan fingerprint density at radius 1 is 0.929 bits per heavy atom. The second kappa shape index (κ2) is 5.37. The maximum Gasteiger partial charge on any atom is 0.470 e. The SMILES string of the molecule is C#[N+][C@]1(c2ccccc2)C2(C=N)C(=O)N(c3cc(C)cc(C)c3)C(=O)[C@]21[N+]#C. The number of hydrogen-bond donors (Lipinski definition) is 1. The highest BCUT2D eigenvalue weighted by Gasteiger charge is 3.17. The minimum atomic E-state index is -1.79. The fourth-order valence-electron chi connectivity index (χ4n) is 4.84. The maximum atomic E-state index is 13.6. The summed E-state index contributed by atoms with van der Waals surface area (Å²) in [6.07, 6.45) is 0.912. The summed E-state index contributed by atoms with van der Waals surface area (Å²) in [5, 5.41) is 8.08. The average Bonchev–Trinajstić information content (AvgIpc) is 3.19. The number of benzene rings is 2. The Morgan fingerprint density at radius 2 is 1.50 bits per heavy atom. The Morgan fingerprint density at radius 3 is 1.96 bits per heavy atom. The topological polar surface area (TPSA) is 70.0 Å². The van der Waals surface area contributed by atoms with Gasteiger partial charge in [-0.25, -0.2) is 4.90 Å². The quantitative estimate of drug-likeness (QED) is 0.665. The van der Waals surface area contributed by atoms with Crippen molar-refractivity contribution < 1.29 is 9.59 Å². The van der Waals surface area contributed by atoms with Crippen LogP contribution in [0.25, 0.3) is 9.69 Å². The molecule has 0 aromatic heterocycles. The van der Waals surface area contributed by atoms with Gasteiger partial charge in [0.1, 0.15) is 0 Å². The number of hydrogen-bond acceptors (Lipinski definition) is 3. The summed E-state index contributed by atoms with van der Waals surface area (Å²) >= 11 is 0. The second-order valence-corrected chi connectivity index (χ2v) is 7.29. The fourth-order valence-corrected chi connectivity index (χ4v) is 4.84. The van der Waals surface area contributed by atoms with Gasteiger partial charge < -0.3 is 5.41 Å². The summed E-state index contributed by atoms with van der Waals surface area (Å²) in [7, 11) is 0. The van der Waals surface area contributed by atoms with Crippen molar-refractivity contribution in [1.82, 2.24) is 0 Å². The number of piperidine rings is 1. The molecule has 3 atom stereocenters. The molecule has 2 aromatic carbocycles. The molecule has 1 unspecified atom stereocenters. The van der Waals surface area contributed by atoms with E-state index in [0.29, 0.717) is 11.3 Å². The molecule has 1 saturated heterocycles. The summed E-state index contributed by atoms with van der Waals surface area (Å²) < 4.78 is 0. The lowest BCUT2D eigenvalue weighted by Crippen LogP contribution is -2.44. The Balaban J connectivity index is 1.98. The first-order chi connectivity index (χ1) is 13.4. The van der Waals surface area contributed by atoms with Crippen molar-refractivity contribution >= 4 is 23.7 Å². The first kappa shape index (κ1) is 17.6. The number of amides is 2. The third-order valence-corrected chi connectivity index (χ3v) is 5.92. The van der Waals surface area contributed by atoms with Crippen LogP contribution in [0.2, 0.25) is 0 Å². The molecule has 2 amide bonds. The monoisotopic (exact) mass is 370 g/mol. The third-order valence-electron chi connectivity index (χ3n) is 5.92. The van der Waals surface area contributed by atoms with E-state index in [1.807, 2.05) is 19.9 Å². The van der Waals surface area contributed by atoms with Gasteiger partial charge in [0.25, 0.3) is 24.5 Å². The zero-order valence-corrected chi connectivity index (χ0v) is 15.5. The molecule has 1 saturated carbocycles. The van der Waals surface area contributed by atoms with Crippen LogP contribution in [0.15, 0.2) is 48.5 Å². The molecular weight excluding hydrogens is 352 g/mol. The number of fused-ring (bicyclic) bond motifs is 1. The molecule has 1 heterocycles. The molecule has 28 heavy (non-hydrogen) atoms. The van der Waals surface area contributed by atoms with Gasteiger partial charge in [-0.2, -0.15) is 0 Å². The zero-order chi connectivity index (χ0) is 20.3. The average molecular weight is 370 g/mol. The maximum absolute atomic E-state index is 13.6. The van der Waals surface area contributed by atoms with Crippen LogP contribution >= 0.6 is 0 Å². The van der Waals surface area contributed by atoms with E-state index in [4.69, 9.17) is 18.6 Å². The molecule has 136 valence electrons. The summed E-state index contributed by atoms with van der Waals surface area (Å²) in [5.74, 6) is -1.24. The molecule has 0 spiro atoms. The standard InChI is InChI=1S/C22H18N4O2/c1-14-10-15(2)12-17(11-14)26-18(27)20(13-23)21(24-3,16-8-6-5-7-9-16)22(20,25-4)19(26)28/h3-13,23H,1-2H3/q+2/t20?,21-,22+/m1/s1. The number of aryl methyl sites for hydroxylation is 2.